The minimum Gasteiger partial charge on any atom is -0.378 e. The first kappa shape index (κ1) is 29.7. The van der Waals surface area contributed by atoms with E-state index in [2.05, 4.69) is 15.3 Å². The Bertz CT molecular complexity index is 1490. The van der Waals surface area contributed by atoms with Crippen LogP contribution in [0.1, 0.15) is 34.1 Å². The standard InChI is InChI=1S/C32H34FN5O2S/c1-21-10-12-24(13-11-21)30(31(40)36-26-14-16-27(17-15-26)37(4)5)38(19-25-8-6-7-9-28(25)33)29(39)20-41-32-34-22(2)18-23(3)35-32/h6-18,30H,19-20H2,1-5H3,(H,36,40). The number of aromatic nitrogens is 2. The molecule has 9 heteroatoms. The van der Waals surface area contributed by atoms with Crippen LogP contribution in [0, 0.1) is 26.6 Å². The second-order valence-corrected chi connectivity index (χ2v) is 11.0. The van der Waals surface area contributed by atoms with E-state index in [0.29, 0.717) is 22.0 Å². The lowest BCUT2D eigenvalue weighted by Gasteiger charge is -2.32. The number of anilines is 2. The Morgan fingerprint density at radius 3 is 2.15 bits per heavy atom. The van der Waals surface area contributed by atoms with Gasteiger partial charge in [-0.05, 0) is 62.7 Å². The van der Waals surface area contributed by atoms with Gasteiger partial charge in [0.05, 0.1) is 5.75 Å². The molecule has 1 N–H and O–H groups in total. The van der Waals surface area contributed by atoms with E-state index < -0.39 is 17.8 Å². The number of nitrogens with zero attached hydrogens (tertiary/aromatic N) is 4. The summed E-state index contributed by atoms with van der Waals surface area (Å²) in [4.78, 5) is 40.1. The summed E-state index contributed by atoms with van der Waals surface area (Å²) >= 11 is 1.19. The Labute approximate surface area is 244 Å². The number of benzene rings is 3. The third-order valence-corrected chi connectivity index (χ3v) is 7.34. The summed E-state index contributed by atoms with van der Waals surface area (Å²) in [5.41, 5.74) is 5.13. The van der Waals surface area contributed by atoms with E-state index in [0.717, 1.165) is 22.6 Å². The monoisotopic (exact) mass is 571 g/mol. The lowest BCUT2D eigenvalue weighted by Crippen LogP contribution is -2.42. The molecule has 1 unspecified atom stereocenters. The highest BCUT2D eigenvalue weighted by atomic mass is 32.2. The van der Waals surface area contributed by atoms with Crippen LogP contribution in [0.5, 0.6) is 0 Å². The van der Waals surface area contributed by atoms with Crippen molar-refractivity contribution in [3.8, 4) is 0 Å². The molecule has 1 atom stereocenters. The number of rotatable bonds is 10. The van der Waals surface area contributed by atoms with Gasteiger partial charge < -0.3 is 15.1 Å². The third-order valence-electron chi connectivity index (χ3n) is 6.51. The molecule has 3 aromatic carbocycles. The molecule has 0 saturated heterocycles. The maximum Gasteiger partial charge on any atom is 0.251 e. The summed E-state index contributed by atoms with van der Waals surface area (Å²) in [6.45, 7) is 5.60. The number of hydrogen-bond donors (Lipinski definition) is 1. The normalized spacial score (nSPS) is 11.6. The molecule has 2 amide bonds. The molecule has 0 aliphatic carbocycles. The second-order valence-electron chi connectivity index (χ2n) is 10.1. The van der Waals surface area contributed by atoms with Crippen molar-refractivity contribution in [3.63, 3.8) is 0 Å². The van der Waals surface area contributed by atoms with Crippen LogP contribution >= 0.6 is 11.8 Å². The highest BCUT2D eigenvalue weighted by molar-refractivity contribution is 7.99. The van der Waals surface area contributed by atoms with Gasteiger partial charge in [-0.25, -0.2) is 14.4 Å². The first-order valence-electron chi connectivity index (χ1n) is 13.2. The summed E-state index contributed by atoms with van der Waals surface area (Å²) in [5, 5.41) is 3.44. The minimum absolute atomic E-state index is 0.0233. The Morgan fingerprint density at radius 2 is 1.54 bits per heavy atom. The van der Waals surface area contributed by atoms with E-state index in [1.807, 2.05) is 94.4 Å². The number of carbonyl (C=O) groups is 2. The number of nitrogens with one attached hydrogen (secondary N) is 1. The van der Waals surface area contributed by atoms with Crippen LogP contribution in [0.25, 0.3) is 0 Å². The first-order chi connectivity index (χ1) is 19.6. The molecule has 212 valence electrons. The molecule has 4 aromatic rings. The van der Waals surface area contributed by atoms with Crippen LogP contribution in [-0.2, 0) is 16.1 Å². The smallest absolute Gasteiger partial charge is 0.251 e. The van der Waals surface area contributed by atoms with Crippen molar-refractivity contribution in [2.75, 3.05) is 30.1 Å². The van der Waals surface area contributed by atoms with Crippen molar-refractivity contribution < 1.29 is 14.0 Å². The zero-order valence-electron chi connectivity index (χ0n) is 23.9. The van der Waals surface area contributed by atoms with Crippen LogP contribution in [0.3, 0.4) is 0 Å². The van der Waals surface area contributed by atoms with Crippen LogP contribution in [0.4, 0.5) is 15.8 Å². The number of thioether (sulfide) groups is 1. The SMILES string of the molecule is Cc1ccc(C(C(=O)Nc2ccc(N(C)C)cc2)N(Cc2ccccc2F)C(=O)CSc2nc(C)cc(C)n2)cc1. The molecule has 1 aromatic heterocycles. The van der Waals surface area contributed by atoms with Gasteiger partial charge in [0.2, 0.25) is 5.91 Å². The van der Waals surface area contributed by atoms with Gasteiger partial charge in [-0.15, -0.1) is 0 Å². The molecule has 4 rings (SSSR count). The maximum atomic E-state index is 14.9. The van der Waals surface area contributed by atoms with Gasteiger partial charge in [-0.3, -0.25) is 9.59 Å². The van der Waals surface area contributed by atoms with E-state index in [1.54, 1.807) is 18.2 Å². The van der Waals surface area contributed by atoms with Crippen LogP contribution in [0.15, 0.2) is 84.0 Å². The van der Waals surface area contributed by atoms with E-state index in [-0.39, 0.29) is 18.2 Å². The highest BCUT2D eigenvalue weighted by Crippen LogP contribution is 2.28. The van der Waals surface area contributed by atoms with Gasteiger partial charge in [-0.1, -0.05) is 59.8 Å². The third kappa shape index (κ3) is 7.91. The van der Waals surface area contributed by atoms with Crippen LogP contribution in [0.2, 0.25) is 0 Å². The average molecular weight is 572 g/mol. The Balaban J connectivity index is 1.70. The van der Waals surface area contributed by atoms with Gasteiger partial charge >= 0.3 is 0 Å². The Kier molecular flexibility index (Phi) is 9.73. The number of carbonyl (C=O) groups excluding carboxylic acids is 2. The lowest BCUT2D eigenvalue weighted by atomic mass is 10.0. The second kappa shape index (κ2) is 13.4. The van der Waals surface area contributed by atoms with Crippen molar-refractivity contribution in [2.24, 2.45) is 0 Å². The zero-order valence-corrected chi connectivity index (χ0v) is 24.7. The number of hydrogen-bond acceptors (Lipinski definition) is 6. The molecule has 0 fully saturated rings. The summed E-state index contributed by atoms with van der Waals surface area (Å²) in [6, 6.07) is 22.0. The average Bonchev–Trinajstić information content (AvgIpc) is 2.93. The molecule has 0 spiro atoms. The molecular weight excluding hydrogens is 537 g/mol. The molecule has 0 saturated carbocycles. The van der Waals surface area contributed by atoms with Crippen molar-refractivity contribution in [2.45, 2.75) is 38.5 Å². The molecule has 7 nitrogen and oxygen atoms in total. The van der Waals surface area contributed by atoms with Crippen LogP contribution in [-0.4, -0.2) is 46.5 Å². The molecule has 0 aliphatic heterocycles. The summed E-state index contributed by atoms with van der Waals surface area (Å²) < 4.78 is 14.9. The number of aryl methyl sites for hydroxylation is 3. The minimum atomic E-state index is -1.02. The van der Waals surface area contributed by atoms with E-state index >= 15 is 0 Å². The van der Waals surface area contributed by atoms with Crippen molar-refractivity contribution >= 4 is 35.0 Å². The Morgan fingerprint density at radius 1 is 0.902 bits per heavy atom. The summed E-state index contributed by atoms with van der Waals surface area (Å²) in [5.74, 6) is -1.21. The van der Waals surface area contributed by atoms with Gasteiger partial charge in [0.25, 0.3) is 5.91 Å². The molecule has 1 heterocycles. The zero-order chi connectivity index (χ0) is 29.5. The van der Waals surface area contributed by atoms with E-state index in [4.69, 9.17) is 0 Å². The van der Waals surface area contributed by atoms with Crippen molar-refractivity contribution in [1.29, 1.82) is 0 Å². The fourth-order valence-electron chi connectivity index (χ4n) is 4.38. The fourth-order valence-corrected chi connectivity index (χ4v) is 5.21. The number of amides is 2. The fraction of sp³-hybridized carbons (Fsp3) is 0.250. The Hall–Kier alpha value is -4.24. The summed E-state index contributed by atoms with van der Waals surface area (Å²) in [6.07, 6.45) is 0. The van der Waals surface area contributed by atoms with Gasteiger partial charge in [0.15, 0.2) is 5.16 Å². The quantitative estimate of drug-likeness (QED) is 0.183. The predicted molar refractivity (Wildman–Crippen MR) is 162 cm³/mol. The predicted octanol–water partition coefficient (Wildman–Crippen LogP) is 6.11. The highest BCUT2D eigenvalue weighted by Gasteiger charge is 2.32. The summed E-state index contributed by atoms with van der Waals surface area (Å²) in [7, 11) is 3.88. The first-order valence-corrected chi connectivity index (χ1v) is 14.2. The van der Waals surface area contributed by atoms with Gasteiger partial charge in [-0.2, -0.15) is 0 Å². The van der Waals surface area contributed by atoms with E-state index in [1.165, 1.54) is 22.7 Å². The molecule has 0 radical (unpaired) electrons. The largest absolute Gasteiger partial charge is 0.378 e. The van der Waals surface area contributed by atoms with Crippen LogP contribution < -0.4 is 10.2 Å². The van der Waals surface area contributed by atoms with Crippen molar-refractivity contribution in [3.05, 3.63) is 113 Å². The van der Waals surface area contributed by atoms with Gasteiger partial charge in [0, 0.05) is 49.0 Å². The maximum absolute atomic E-state index is 14.9. The molecule has 0 aliphatic rings. The van der Waals surface area contributed by atoms with Gasteiger partial charge in [0.1, 0.15) is 11.9 Å². The molecule has 41 heavy (non-hydrogen) atoms. The molecular formula is C32H34FN5O2S. The molecule has 0 bridgehead atoms. The lowest BCUT2D eigenvalue weighted by molar-refractivity contribution is -0.137. The van der Waals surface area contributed by atoms with E-state index in [9.17, 15) is 14.0 Å². The topological polar surface area (TPSA) is 78.4 Å². The number of halogens is 1. The van der Waals surface area contributed by atoms with Crippen molar-refractivity contribution in [1.82, 2.24) is 14.9 Å².